The maximum atomic E-state index is 11.8. The first-order chi connectivity index (χ1) is 10.4. The fraction of sp³-hybridized carbons (Fsp3) is 0.455. The molecule has 1 aromatic heterocycles. The number of nitrogens with zero attached hydrogens (tertiary/aromatic N) is 4. The molecule has 1 saturated heterocycles. The zero-order chi connectivity index (χ0) is 16.0. The van der Waals surface area contributed by atoms with Gasteiger partial charge in [0, 0.05) is 18.6 Å². The number of nitrogens with two attached hydrogens (primary N) is 1. The zero-order valence-corrected chi connectivity index (χ0v) is 13.1. The van der Waals surface area contributed by atoms with Gasteiger partial charge in [-0.25, -0.2) is 4.79 Å². The summed E-state index contributed by atoms with van der Waals surface area (Å²) in [5.41, 5.74) is 6.32. The monoisotopic (exact) mass is 343 g/mol. The number of rotatable bonds is 4. The number of aromatic nitrogens is 3. The smallest absolute Gasteiger partial charge is 0.352 e. The summed E-state index contributed by atoms with van der Waals surface area (Å²) in [6.07, 6.45) is 0. The maximum Gasteiger partial charge on any atom is 0.352 e. The van der Waals surface area contributed by atoms with Crippen LogP contribution in [0.1, 0.15) is 0 Å². The third kappa shape index (κ3) is 2.25. The summed E-state index contributed by atoms with van der Waals surface area (Å²) in [5.74, 6) is -0.678. The van der Waals surface area contributed by atoms with Crippen LogP contribution in [0.2, 0.25) is 0 Å². The lowest BCUT2D eigenvalue weighted by atomic mass is 10.0. The van der Waals surface area contributed by atoms with Gasteiger partial charge in [-0.15, -0.1) is 16.9 Å². The lowest BCUT2D eigenvalue weighted by molar-refractivity contribution is -0.147. The highest BCUT2D eigenvalue weighted by atomic mass is 32.2. The number of hydrogen-bond donors (Lipinski definition) is 3. The van der Waals surface area contributed by atoms with Crippen LogP contribution in [0.4, 0.5) is 0 Å². The van der Waals surface area contributed by atoms with Gasteiger partial charge in [0.1, 0.15) is 17.1 Å². The van der Waals surface area contributed by atoms with E-state index < -0.39 is 12.0 Å². The average molecular weight is 343 g/mol. The number of aliphatic carboxylic acids is 1. The molecule has 2 aliphatic heterocycles. The average Bonchev–Trinajstić information content (AvgIpc) is 2.82. The number of hydrogen-bond acceptors (Lipinski definition) is 8. The molecular weight excluding hydrogens is 330 g/mol. The zero-order valence-electron chi connectivity index (χ0n) is 11.5. The maximum absolute atomic E-state index is 11.8. The number of β-lactam (4-membered cyclic amide) rings is 1. The molecule has 2 aliphatic rings. The number of aromatic hydroxyl groups is 1. The SMILES string of the molecule is Cn1c(O)nnc1SCC1=C(C(=O)O)N2C(=O)C(N)[C@@H]2SC1. The van der Waals surface area contributed by atoms with Gasteiger partial charge in [-0.05, 0) is 5.57 Å². The van der Waals surface area contributed by atoms with E-state index in [0.29, 0.717) is 22.2 Å². The number of carboxylic acids is 1. The van der Waals surface area contributed by atoms with Crippen LogP contribution in [0.5, 0.6) is 6.01 Å². The van der Waals surface area contributed by atoms with Crippen molar-refractivity contribution in [3.63, 3.8) is 0 Å². The van der Waals surface area contributed by atoms with Crippen molar-refractivity contribution in [1.82, 2.24) is 19.7 Å². The summed E-state index contributed by atoms with van der Waals surface area (Å²) in [4.78, 5) is 24.6. The first kappa shape index (κ1) is 15.2. The van der Waals surface area contributed by atoms with Gasteiger partial charge in [-0.2, -0.15) is 0 Å². The molecule has 118 valence electrons. The number of thioether (sulfide) groups is 2. The van der Waals surface area contributed by atoms with E-state index in [9.17, 15) is 19.8 Å². The minimum absolute atomic E-state index is 0.00865. The standard InChI is InChI=1S/C11H13N5O4S2/c1-15-10(20)13-14-11(15)22-3-4-2-21-8-5(12)7(17)16(8)6(4)9(18)19/h5,8H,2-3,12H2,1H3,(H,13,20)(H,18,19)/t5?,8-/m0/s1. The summed E-state index contributed by atoms with van der Waals surface area (Å²) in [5, 5.41) is 26.3. The van der Waals surface area contributed by atoms with Crippen LogP contribution in [0.3, 0.4) is 0 Å². The van der Waals surface area contributed by atoms with E-state index in [2.05, 4.69) is 10.2 Å². The van der Waals surface area contributed by atoms with Crippen LogP contribution in [0.25, 0.3) is 0 Å². The van der Waals surface area contributed by atoms with Gasteiger partial charge in [0.2, 0.25) is 5.91 Å². The second kappa shape index (κ2) is 5.48. The molecule has 0 spiro atoms. The largest absolute Gasteiger partial charge is 0.479 e. The highest BCUT2D eigenvalue weighted by Crippen LogP contribution is 2.40. The minimum atomic E-state index is -1.14. The van der Waals surface area contributed by atoms with Crippen LogP contribution in [0, 0.1) is 0 Å². The molecule has 0 bridgehead atoms. The Morgan fingerprint density at radius 1 is 1.55 bits per heavy atom. The molecule has 0 aliphatic carbocycles. The van der Waals surface area contributed by atoms with Crippen molar-refractivity contribution in [2.45, 2.75) is 16.6 Å². The Morgan fingerprint density at radius 3 is 2.86 bits per heavy atom. The molecule has 11 heteroatoms. The Labute approximate surface area is 133 Å². The van der Waals surface area contributed by atoms with Gasteiger partial charge in [-0.3, -0.25) is 14.3 Å². The van der Waals surface area contributed by atoms with Gasteiger partial charge in [0.05, 0.1) is 0 Å². The predicted octanol–water partition coefficient (Wildman–Crippen LogP) is -0.806. The number of amides is 1. The van der Waals surface area contributed by atoms with Crippen LogP contribution in [-0.4, -0.2) is 64.7 Å². The van der Waals surface area contributed by atoms with Gasteiger partial charge in [0.15, 0.2) is 5.16 Å². The number of fused-ring (bicyclic) bond motifs is 1. The highest BCUT2D eigenvalue weighted by Gasteiger charge is 2.51. The molecule has 9 nitrogen and oxygen atoms in total. The van der Waals surface area contributed by atoms with E-state index in [-0.39, 0.29) is 23.0 Å². The summed E-state index contributed by atoms with van der Waals surface area (Å²) in [6.45, 7) is 0. The molecule has 3 heterocycles. The Balaban J connectivity index is 1.83. The Bertz CT molecular complexity index is 688. The Kier molecular flexibility index (Phi) is 3.78. The van der Waals surface area contributed by atoms with Crippen molar-refractivity contribution in [2.75, 3.05) is 11.5 Å². The first-order valence-electron chi connectivity index (χ1n) is 6.28. The summed E-state index contributed by atoms with van der Waals surface area (Å²) < 4.78 is 1.40. The molecular formula is C11H13N5O4S2. The van der Waals surface area contributed by atoms with Crippen LogP contribution < -0.4 is 5.73 Å². The Hall–Kier alpha value is -1.72. The molecule has 4 N–H and O–H groups in total. The third-order valence-electron chi connectivity index (χ3n) is 3.48. The molecule has 1 unspecified atom stereocenters. The molecule has 0 aromatic carbocycles. The number of carboxylic acid groups (broad SMARTS) is 1. The quantitative estimate of drug-likeness (QED) is 0.474. The van der Waals surface area contributed by atoms with Crippen molar-refractivity contribution in [1.29, 1.82) is 0 Å². The van der Waals surface area contributed by atoms with E-state index in [1.54, 1.807) is 7.05 Å². The molecule has 3 rings (SSSR count). The number of carbonyl (C=O) groups excluding carboxylic acids is 1. The predicted molar refractivity (Wildman–Crippen MR) is 79.1 cm³/mol. The third-order valence-corrected chi connectivity index (χ3v) is 5.95. The summed E-state index contributed by atoms with van der Waals surface area (Å²) in [7, 11) is 1.60. The van der Waals surface area contributed by atoms with Gasteiger partial charge < -0.3 is 15.9 Å². The summed E-state index contributed by atoms with van der Waals surface area (Å²) in [6, 6.07) is -0.846. The summed E-state index contributed by atoms with van der Waals surface area (Å²) >= 11 is 2.70. The van der Waals surface area contributed by atoms with Crippen molar-refractivity contribution in [3.05, 3.63) is 11.3 Å². The van der Waals surface area contributed by atoms with E-state index in [0.717, 1.165) is 0 Å². The molecule has 0 saturated carbocycles. The van der Waals surface area contributed by atoms with Gasteiger partial charge >= 0.3 is 12.0 Å². The van der Waals surface area contributed by atoms with Crippen molar-refractivity contribution in [2.24, 2.45) is 12.8 Å². The van der Waals surface area contributed by atoms with Crippen molar-refractivity contribution < 1.29 is 19.8 Å². The van der Waals surface area contributed by atoms with Crippen LogP contribution in [-0.2, 0) is 16.6 Å². The minimum Gasteiger partial charge on any atom is -0.479 e. The van der Waals surface area contributed by atoms with Gasteiger partial charge in [0.25, 0.3) is 0 Å². The second-order valence-corrected chi connectivity index (χ2v) is 6.87. The van der Waals surface area contributed by atoms with Crippen molar-refractivity contribution in [3.8, 4) is 6.01 Å². The van der Waals surface area contributed by atoms with E-state index in [1.807, 2.05) is 0 Å². The fourth-order valence-electron chi connectivity index (χ4n) is 2.28. The Morgan fingerprint density at radius 2 is 2.27 bits per heavy atom. The second-order valence-electron chi connectivity index (χ2n) is 4.82. The lowest BCUT2D eigenvalue weighted by Crippen LogP contribution is -2.68. The molecule has 1 aromatic rings. The normalized spacial score (nSPS) is 24.3. The molecule has 22 heavy (non-hydrogen) atoms. The van der Waals surface area contributed by atoms with E-state index in [4.69, 9.17) is 5.73 Å². The highest BCUT2D eigenvalue weighted by molar-refractivity contribution is 8.01. The molecule has 1 fully saturated rings. The van der Waals surface area contributed by atoms with Gasteiger partial charge in [-0.1, -0.05) is 16.9 Å². The first-order valence-corrected chi connectivity index (χ1v) is 8.32. The molecule has 2 atom stereocenters. The molecule has 0 radical (unpaired) electrons. The van der Waals surface area contributed by atoms with Crippen LogP contribution in [0.15, 0.2) is 16.4 Å². The fourth-order valence-corrected chi connectivity index (χ4v) is 4.61. The van der Waals surface area contributed by atoms with E-state index >= 15 is 0 Å². The van der Waals surface area contributed by atoms with E-state index in [1.165, 1.54) is 33.0 Å². The van der Waals surface area contributed by atoms with Crippen molar-refractivity contribution >= 4 is 35.4 Å². The topological polar surface area (TPSA) is 135 Å². The number of carbonyl (C=O) groups is 2. The molecule has 1 amide bonds. The lowest BCUT2D eigenvalue weighted by Gasteiger charge is -2.48. The van der Waals surface area contributed by atoms with Crippen LogP contribution >= 0.6 is 23.5 Å².